The number of nitrogens with zero attached hydrogens (tertiary/aromatic N) is 1. The zero-order valence-corrected chi connectivity index (χ0v) is 17.0. The minimum atomic E-state index is -0.688. The van der Waals surface area contributed by atoms with Crippen LogP contribution < -0.4 is 10.1 Å². The predicted molar refractivity (Wildman–Crippen MR) is 107 cm³/mol. The number of nitrogens with one attached hydrogen (secondary N) is 1. The van der Waals surface area contributed by atoms with E-state index in [-0.39, 0.29) is 30.8 Å². The first-order chi connectivity index (χ1) is 13.2. The highest BCUT2D eigenvalue weighted by Gasteiger charge is 2.26. The molecule has 1 N–H and O–H groups in total. The molecule has 0 spiro atoms. The average Bonchev–Trinajstić information content (AvgIpc) is 2.67. The summed E-state index contributed by atoms with van der Waals surface area (Å²) in [6.07, 6.45) is 0. The van der Waals surface area contributed by atoms with Gasteiger partial charge in [-0.3, -0.25) is 9.59 Å². The molecule has 0 aromatic heterocycles. The standard InChI is InChI=1S/C22H27FN2O3/c1-14-10-15(2)16(3)20(11-14)28-13-21(26)25(17(4)22(27)24-5)12-18-6-8-19(23)9-7-18/h6-11,17H,12-13H2,1-5H3,(H,24,27). The third-order valence-corrected chi connectivity index (χ3v) is 4.80. The Balaban J connectivity index is 2.18. The summed E-state index contributed by atoms with van der Waals surface area (Å²) in [6, 6.07) is 9.12. The smallest absolute Gasteiger partial charge is 0.261 e. The first-order valence-electron chi connectivity index (χ1n) is 9.19. The van der Waals surface area contributed by atoms with Crippen molar-refractivity contribution in [2.75, 3.05) is 13.7 Å². The van der Waals surface area contributed by atoms with E-state index >= 15 is 0 Å². The zero-order valence-electron chi connectivity index (χ0n) is 17.0. The van der Waals surface area contributed by atoms with Gasteiger partial charge in [0.1, 0.15) is 17.6 Å². The Bertz CT molecular complexity index is 850. The summed E-state index contributed by atoms with van der Waals surface area (Å²) in [5.74, 6) is -0.299. The largest absolute Gasteiger partial charge is 0.483 e. The van der Waals surface area contributed by atoms with E-state index in [1.807, 2.05) is 26.8 Å². The molecule has 1 unspecified atom stereocenters. The van der Waals surface area contributed by atoms with Gasteiger partial charge < -0.3 is 15.0 Å². The van der Waals surface area contributed by atoms with E-state index in [1.165, 1.54) is 24.1 Å². The number of benzene rings is 2. The number of hydrogen-bond acceptors (Lipinski definition) is 3. The molecule has 2 rings (SSSR count). The van der Waals surface area contributed by atoms with E-state index in [1.54, 1.807) is 19.1 Å². The number of carbonyl (C=O) groups excluding carboxylic acids is 2. The molecule has 2 aromatic rings. The van der Waals surface area contributed by atoms with Crippen LogP contribution in [0.3, 0.4) is 0 Å². The van der Waals surface area contributed by atoms with Gasteiger partial charge in [-0.25, -0.2) is 4.39 Å². The molecule has 0 aliphatic carbocycles. The molecule has 2 aromatic carbocycles. The summed E-state index contributed by atoms with van der Waals surface area (Å²) in [4.78, 5) is 26.4. The van der Waals surface area contributed by atoms with E-state index in [2.05, 4.69) is 11.4 Å². The molecule has 0 heterocycles. The third kappa shape index (κ3) is 5.31. The number of hydrogen-bond donors (Lipinski definition) is 1. The van der Waals surface area contributed by atoms with Gasteiger partial charge in [0.05, 0.1) is 0 Å². The fraction of sp³-hybridized carbons (Fsp3) is 0.364. The second-order valence-electron chi connectivity index (χ2n) is 6.93. The Morgan fingerprint density at radius 2 is 1.79 bits per heavy atom. The van der Waals surface area contributed by atoms with Gasteiger partial charge >= 0.3 is 0 Å². The van der Waals surface area contributed by atoms with Crippen LogP contribution >= 0.6 is 0 Å². The lowest BCUT2D eigenvalue weighted by molar-refractivity contribution is -0.142. The summed E-state index contributed by atoms with van der Waals surface area (Å²) < 4.78 is 18.9. The molecule has 6 heteroatoms. The predicted octanol–water partition coefficient (Wildman–Crippen LogP) is 3.29. The van der Waals surface area contributed by atoms with Gasteiger partial charge in [0.15, 0.2) is 6.61 Å². The SMILES string of the molecule is CNC(=O)C(C)N(Cc1ccc(F)cc1)C(=O)COc1cc(C)cc(C)c1C. The average molecular weight is 386 g/mol. The van der Waals surface area contributed by atoms with Crippen molar-refractivity contribution in [3.05, 3.63) is 64.5 Å². The molecule has 5 nitrogen and oxygen atoms in total. The molecule has 150 valence electrons. The number of amides is 2. The van der Waals surface area contributed by atoms with E-state index in [0.29, 0.717) is 5.75 Å². The molecule has 0 aliphatic rings. The lowest BCUT2D eigenvalue weighted by atomic mass is 10.1. The lowest BCUT2D eigenvalue weighted by Gasteiger charge is -2.28. The molecule has 1 atom stereocenters. The van der Waals surface area contributed by atoms with Gasteiger partial charge in [0.2, 0.25) is 5.91 Å². The maximum atomic E-state index is 13.2. The monoisotopic (exact) mass is 386 g/mol. The Morgan fingerprint density at radius 1 is 1.14 bits per heavy atom. The zero-order chi connectivity index (χ0) is 20.8. The van der Waals surface area contributed by atoms with Crippen molar-refractivity contribution in [2.24, 2.45) is 0 Å². The maximum Gasteiger partial charge on any atom is 0.261 e. The molecule has 2 amide bonds. The topological polar surface area (TPSA) is 58.6 Å². The highest BCUT2D eigenvalue weighted by Crippen LogP contribution is 2.23. The molecule has 0 saturated heterocycles. The Labute approximate surface area is 165 Å². The van der Waals surface area contributed by atoms with Crippen LogP contribution in [0, 0.1) is 26.6 Å². The van der Waals surface area contributed by atoms with Crippen molar-refractivity contribution < 1.29 is 18.7 Å². The van der Waals surface area contributed by atoms with E-state index < -0.39 is 6.04 Å². The number of halogens is 1. The number of carbonyl (C=O) groups is 2. The second-order valence-corrected chi connectivity index (χ2v) is 6.93. The number of ether oxygens (including phenoxy) is 1. The molecule has 0 aliphatic heterocycles. The Morgan fingerprint density at radius 3 is 2.39 bits per heavy atom. The quantitative estimate of drug-likeness (QED) is 0.794. The number of rotatable bonds is 7. The van der Waals surface area contributed by atoms with Gasteiger partial charge in [-0.05, 0) is 68.1 Å². The van der Waals surface area contributed by atoms with Crippen molar-refractivity contribution in [2.45, 2.75) is 40.3 Å². The second kappa shape index (κ2) is 9.35. The van der Waals surface area contributed by atoms with Crippen molar-refractivity contribution in [1.29, 1.82) is 0 Å². The van der Waals surface area contributed by atoms with Crippen LogP contribution in [0.25, 0.3) is 0 Å². The van der Waals surface area contributed by atoms with Crippen molar-refractivity contribution in [3.8, 4) is 5.75 Å². The van der Waals surface area contributed by atoms with Crippen LogP contribution in [-0.2, 0) is 16.1 Å². The van der Waals surface area contributed by atoms with Gasteiger partial charge in [-0.2, -0.15) is 0 Å². The molecule has 0 fully saturated rings. The van der Waals surface area contributed by atoms with E-state index in [9.17, 15) is 14.0 Å². The van der Waals surface area contributed by atoms with Gasteiger partial charge in [0.25, 0.3) is 5.91 Å². The van der Waals surface area contributed by atoms with Crippen LogP contribution in [-0.4, -0.2) is 36.4 Å². The van der Waals surface area contributed by atoms with E-state index in [0.717, 1.165) is 22.3 Å². The summed E-state index contributed by atoms with van der Waals surface area (Å²) in [6.45, 7) is 7.55. The van der Waals surface area contributed by atoms with Gasteiger partial charge in [-0.1, -0.05) is 18.2 Å². The minimum Gasteiger partial charge on any atom is -0.483 e. The van der Waals surface area contributed by atoms with Crippen LogP contribution in [0.15, 0.2) is 36.4 Å². The Kier molecular flexibility index (Phi) is 7.15. The van der Waals surface area contributed by atoms with Crippen molar-refractivity contribution >= 4 is 11.8 Å². The lowest BCUT2D eigenvalue weighted by Crippen LogP contribution is -2.48. The molecule has 0 bridgehead atoms. The molecule has 28 heavy (non-hydrogen) atoms. The summed E-state index contributed by atoms with van der Waals surface area (Å²) in [5.41, 5.74) is 3.84. The highest BCUT2D eigenvalue weighted by atomic mass is 19.1. The number of likely N-dealkylation sites (N-methyl/N-ethyl adjacent to an activating group) is 1. The first kappa shape index (κ1) is 21.4. The third-order valence-electron chi connectivity index (χ3n) is 4.80. The molecular weight excluding hydrogens is 359 g/mol. The normalized spacial score (nSPS) is 11.6. The number of aryl methyl sites for hydroxylation is 2. The fourth-order valence-corrected chi connectivity index (χ4v) is 2.95. The summed E-state index contributed by atoms with van der Waals surface area (Å²) in [5, 5.41) is 2.56. The summed E-state index contributed by atoms with van der Waals surface area (Å²) in [7, 11) is 1.52. The Hall–Kier alpha value is -2.89. The van der Waals surface area contributed by atoms with Crippen molar-refractivity contribution in [3.63, 3.8) is 0 Å². The summed E-state index contributed by atoms with van der Waals surface area (Å²) >= 11 is 0. The first-order valence-corrected chi connectivity index (χ1v) is 9.19. The van der Waals surface area contributed by atoms with Crippen LogP contribution in [0.1, 0.15) is 29.2 Å². The molecular formula is C22H27FN2O3. The molecule has 0 radical (unpaired) electrons. The maximum absolute atomic E-state index is 13.2. The minimum absolute atomic E-state index is 0.183. The van der Waals surface area contributed by atoms with Gasteiger partial charge in [0, 0.05) is 13.6 Å². The highest BCUT2D eigenvalue weighted by molar-refractivity contribution is 5.87. The fourth-order valence-electron chi connectivity index (χ4n) is 2.95. The molecule has 0 saturated carbocycles. The van der Waals surface area contributed by atoms with Gasteiger partial charge in [-0.15, -0.1) is 0 Å². The van der Waals surface area contributed by atoms with E-state index in [4.69, 9.17) is 4.74 Å². The van der Waals surface area contributed by atoms with Crippen LogP contribution in [0.2, 0.25) is 0 Å². The van der Waals surface area contributed by atoms with Crippen LogP contribution in [0.4, 0.5) is 4.39 Å². The van der Waals surface area contributed by atoms with Crippen LogP contribution in [0.5, 0.6) is 5.75 Å². The van der Waals surface area contributed by atoms with Crippen molar-refractivity contribution in [1.82, 2.24) is 10.2 Å².